The van der Waals surface area contributed by atoms with Crippen molar-refractivity contribution < 1.29 is 4.79 Å². The Labute approximate surface area is 107 Å². The Morgan fingerprint density at radius 1 is 1.50 bits per heavy atom. The van der Waals surface area contributed by atoms with Gasteiger partial charge in [-0.1, -0.05) is 6.07 Å². The van der Waals surface area contributed by atoms with Gasteiger partial charge in [-0.2, -0.15) is 5.10 Å². The number of rotatable bonds is 2. The summed E-state index contributed by atoms with van der Waals surface area (Å²) in [6, 6.07) is 3.87. The highest BCUT2D eigenvalue weighted by Gasteiger charge is 2.27. The Morgan fingerprint density at radius 3 is 2.81 bits per heavy atom. The minimum atomic E-state index is -0.675. The lowest BCUT2D eigenvalue weighted by atomic mass is 9.85. The quantitative estimate of drug-likeness (QED) is 0.853. The van der Waals surface area contributed by atoms with Gasteiger partial charge in [0, 0.05) is 6.20 Å². The summed E-state index contributed by atoms with van der Waals surface area (Å²) in [5.41, 5.74) is 6.61. The van der Waals surface area contributed by atoms with Gasteiger partial charge in [-0.25, -0.2) is 4.52 Å². The molecule has 2 rings (SSSR count). The van der Waals surface area contributed by atoms with Gasteiger partial charge in [0.25, 0.3) is 0 Å². The molecule has 0 aromatic carbocycles. The van der Waals surface area contributed by atoms with Crippen LogP contribution in [0, 0.1) is 3.57 Å². The van der Waals surface area contributed by atoms with Gasteiger partial charge < -0.3 is 5.73 Å². The second kappa shape index (κ2) is 3.73. The standard InChI is InChI=1S/C11H12IN3O/c1-11(2,10(13)16)7-3-4-9-8(12)5-14-15(9)6-7/h3-6H,1-2H3,(H2,13,16). The van der Waals surface area contributed by atoms with Crippen LogP contribution in [-0.4, -0.2) is 15.5 Å². The molecule has 0 spiro atoms. The molecular weight excluding hydrogens is 317 g/mol. The van der Waals surface area contributed by atoms with Crippen molar-refractivity contribution in [3.63, 3.8) is 0 Å². The first kappa shape index (κ1) is 11.4. The summed E-state index contributed by atoms with van der Waals surface area (Å²) in [6.07, 6.45) is 3.64. The van der Waals surface area contributed by atoms with Crippen molar-refractivity contribution in [1.29, 1.82) is 0 Å². The Bertz CT molecular complexity index is 559. The molecule has 1 amide bonds. The van der Waals surface area contributed by atoms with E-state index in [-0.39, 0.29) is 5.91 Å². The second-order valence-corrected chi connectivity index (χ2v) is 5.39. The fourth-order valence-electron chi connectivity index (χ4n) is 1.46. The average molecular weight is 329 g/mol. The zero-order valence-electron chi connectivity index (χ0n) is 9.07. The minimum absolute atomic E-state index is 0.339. The summed E-state index contributed by atoms with van der Waals surface area (Å²) in [4.78, 5) is 11.4. The zero-order chi connectivity index (χ0) is 11.9. The van der Waals surface area contributed by atoms with E-state index in [1.54, 1.807) is 10.7 Å². The monoisotopic (exact) mass is 329 g/mol. The fraction of sp³-hybridized carbons (Fsp3) is 0.273. The third kappa shape index (κ3) is 1.68. The molecule has 84 valence electrons. The number of nitrogens with zero attached hydrogens (tertiary/aromatic N) is 2. The molecule has 0 bridgehead atoms. The summed E-state index contributed by atoms with van der Waals surface area (Å²) in [7, 11) is 0. The first-order valence-electron chi connectivity index (χ1n) is 4.86. The maximum atomic E-state index is 11.4. The predicted molar refractivity (Wildman–Crippen MR) is 70.1 cm³/mol. The lowest BCUT2D eigenvalue weighted by Crippen LogP contribution is -2.35. The summed E-state index contributed by atoms with van der Waals surface area (Å²) < 4.78 is 2.85. The predicted octanol–water partition coefficient (Wildman–Crippen LogP) is 1.70. The van der Waals surface area contributed by atoms with E-state index in [9.17, 15) is 4.79 Å². The van der Waals surface area contributed by atoms with Crippen LogP contribution in [-0.2, 0) is 10.2 Å². The van der Waals surface area contributed by atoms with E-state index in [1.165, 1.54) is 0 Å². The number of hydrogen-bond acceptors (Lipinski definition) is 2. The highest BCUT2D eigenvalue weighted by molar-refractivity contribution is 14.1. The van der Waals surface area contributed by atoms with Crippen molar-refractivity contribution in [3.05, 3.63) is 33.7 Å². The summed E-state index contributed by atoms with van der Waals surface area (Å²) >= 11 is 2.22. The minimum Gasteiger partial charge on any atom is -0.369 e. The number of carbonyl (C=O) groups is 1. The molecule has 0 unspecified atom stereocenters. The van der Waals surface area contributed by atoms with E-state index in [4.69, 9.17) is 5.73 Å². The SMILES string of the molecule is CC(C)(C(N)=O)c1ccc2c(I)cnn2c1. The van der Waals surface area contributed by atoms with E-state index in [1.807, 2.05) is 32.2 Å². The van der Waals surface area contributed by atoms with Crippen molar-refractivity contribution in [2.45, 2.75) is 19.3 Å². The molecule has 4 nitrogen and oxygen atoms in total. The van der Waals surface area contributed by atoms with E-state index >= 15 is 0 Å². The number of pyridine rings is 1. The molecule has 2 N–H and O–H groups in total. The van der Waals surface area contributed by atoms with E-state index in [2.05, 4.69) is 27.7 Å². The average Bonchev–Trinajstić information content (AvgIpc) is 2.60. The largest absolute Gasteiger partial charge is 0.369 e. The van der Waals surface area contributed by atoms with Gasteiger partial charge in [0.2, 0.25) is 5.91 Å². The first-order valence-corrected chi connectivity index (χ1v) is 5.94. The second-order valence-electron chi connectivity index (χ2n) is 4.23. The maximum absolute atomic E-state index is 11.4. The van der Waals surface area contributed by atoms with Gasteiger partial charge in [0.1, 0.15) is 0 Å². The number of aromatic nitrogens is 2. The van der Waals surface area contributed by atoms with Crippen molar-refractivity contribution in [1.82, 2.24) is 9.61 Å². The van der Waals surface area contributed by atoms with Crippen LogP contribution in [0.25, 0.3) is 5.52 Å². The fourth-order valence-corrected chi connectivity index (χ4v) is 2.02. The van der Waals surface area contributed by atoms with Gasteiger partial charge in [-0.3, -0.25) is 4.79 Å². The van der Waals surface area contributed by atoms with E-state index < -0.39 is 5.41 Å². The number of carbonyl (C=O) groups excluding carboxylic acids is 1. The van der Waals surface area contributed by atoms with E-state index in [0.717, 1.165) is 14.7 Å². The van der Waals surface area contributed by atoms with Crippen molar-refractivity contribution >= 4 is 34.0 Å². The van der Waals surface area contributed by atoms with Gasteiger partial charge in [-0.05, 0) is 48.1 Å². The molecule has 0 aliphatic carbocycles. The number of nitrogens with two attached hydrogens (primary N) is 1. The maximum Gasteiger partial charge on any atom is 0.227 e. The molecule has 0 saturated heterocycles. The third-order valence-corrected chi connectivity index (χ3v) is 3.64. The summed E-state index contributed by atoms with van der Waals surface area (Å²) in [6.45, 7) is 3.62. The molecule has 0 aliphatic rings. The normalized spacial score (nSPS) is 11.9. The van der Waals surface area contributed by atoms with Gasteiger partial charge >= 0.3 is 0 Å². The van der Waals surface area contributed by atoms with Crippen LogP contribution < -0.4 is 5.73 Å². The molecule has 0 radical (unpaired) electrons. The van der Waals surface area contributed by atoms with Crippen LogP contribution in [0.3, 0.4) is 0 Å². The number of halogens is 1. The Balaban J connectivity index is 2.59. The molecule has 2 heterocycles. The number of hydrogen-bond donors (Lipinski definition) is 1. The topological polar surface area (TPSA) is 60.4 Å². The third-order valence-electron chi connectivity index (χ3n) is 2.81. The van der Waals surface area contributed by atoms with E-state index in [0.29, 0.717) is 0 Å². The van der Waals surface area contributed by atoms with Crippen molar-refractivity contribution in [2.75, 3.05) is 0 Å². The van der Waals surface area contributed by atoms with Gasteiger partial charge in [-0.15, -0.1) is 0 Å². The van der Waals surface area contributed by atoms with Crippen molar-refractivity contribution in [3.8, 4) is 0 Å². The molecule has 2 aromatic rings. The molecule has 16 heavy (non-hydrogen) atoms. The lowest BCUT2D eigenvalue weighted by molar-refractivity contribution is -0.122. The zero-order valence-corrected chi connectivity index (χ0v) is 11.2. The van der Waals surface area contributed by atoms with Crippen molar-refractivity contribution in [2.24, 2.45) is 5.73 Å². The molecule has 0 fully saturated rings. The number of amides is 1. The van der Waals surface area contributed by atoms with Gasteiger partial charge in [0.15, 0.2) is 0 Å². The smallest absolute Gasteiger partial charge is 0.227 e. The highest BCUT2D eigenvalue weighted by atomic mass is 127. The molecule has 0 saturated carbocycles. The number of primary amides is 1. The molecule has 5 heteroatoms. The van der Waals surface area contributed by atoms with Crippen LogP contribution in [0.5, 0.6) is 0 Å². The Hall–Kier alpha value is -1.11. The Morgan fingerprint density at radius 2 is 2.19 bits per heavy atom. The van der Waals surface area contributed by atoms with Crippen LogP contribution in [0.1, 0.15) is 19.4 Å². The van der Waals surface area contributed by atoms with Crippen LogP contribution in [0.4, 0.5) is 0 Å². The molecule has 0 aliphatic heterocycles. The Kier molecular flexibility index (Phi) is 2.65. The number of fused-ring (bicyclic) bond motifs is 1. The molecular formula is C11H12IN3O. The summed E-state index contributed by atoms with van der Waals surface area (Å²) in [5, 5.41) is 4.21. The van der Waals surface area contributed by atoms with Crippen LogP contribution in [0.2, 0.25) is 0 Å². The molecule has 0 atom stereocenters. The first-order chi connectivity index (χ1) is 7.43. The highest BCUT2D eigenvalue weighted by Crippen LogP contribution is 2.24. The summed E-state index contributed by atoms with van der Waals surface area (Å²) in [5.74, 6) is -0.339. The van der Waals surface area contributed by atoms with Crippen LogP contribution >= 0.6 is 22.6 Å². The van der Waals surface area contributed by atoms with Crippen LogP contribution in [0.15, 0.2) is 24.5 Å². The lowest BCUT2D eigenvalue weighted by Gasteiger charge is -2.20. The van der Waals surface area contributed by atoms with Gasteiger partial charge in [0.05, 0.1) is 20.7 Å². The molecule has 2 aromatic heterocycles.